The summed E-state index contributed by atoms with van der Waals surface area (Å²) in [5.74, 6) is 1.48. The Bertz CT molecular complexity index is 1190. The number of aryl methyl sites for hydroxylation is 1. The van der Waals surface area contributed by atoms with Gasteiger partial charge in [-0.05, 0) is 42.0 Å². The SMILES string of the molecule is Cn1ccnc1C(NC(=O)c1ccc(Oc2cccc(Br)c2)nc1)c1ccc(Cl)cc1. The molecule has 4 aromatic rings. The molecule has 8 heteroatoms. The van der Waals surface area contributed by atoms with Crippen molar-refractivity contribution in [1.82, 2.24) is 19.9 Å². The van der Waals surface area contributed by atoms with Crippen LogP contribution >= 0.6 is 27.5 Å². The Morgan fingerprint density at radius 1 is 1.13 bits per heavy atom. The van der Waals surface area contributed by atoms with Crippen LogP contribution in [0.4, 0.5) is 0 Å². The number of hydrogen-bond acceptors (Lipinski definition) is 4. The molecule has 0 spiro atoms. The largest absolute Gasteiger partial charge is 0.439 e. The van der Waals surface area contributed by atoms with Crippen molar-refractivity contribution < 1.29 is 9.53 Å². The number of nitrogens with zero attached hydrogens (tertiary/aromatic N) is 3. The van der Waals surface area contributed by atoms with Gasteiger partial charge in [0.1, 0.15) is 17.6 Å². The maximum absolute atomic E-state index is 13.0. The molecule has 0 saturated carbocycles. The number of amides is 1. The molecule has 6 nitrogen and oxygen atoms in total. The lowest BCUT2D eigenvalue weighted by molar-refractivity contribution is 0.0940. The van der Waals surface area contributed by atoms with Crippen molar-refractivity contribution in [1.29, 1.82) is 0 Å². The smallest absolute Gasteiger partial charge is 0.253 e. The first-order valence-electron chi connectivity index (χ1n) is 9.42. The predicted molar refractivity (Wildman–Crippen MR) is 122 cm³/mol. The normalized spacial score (nSPS) is 11.7. The molecule has 1 N–H and O–H groups in total. The second kappa shape index (κ2) is 9.32. The Labute approximate surface area is 193 Å². The van der Waals surface area contributed by atoms with E-state index in [1.165, 1.54) is 6.20 Å². The highest BCUT2D eigenvalue weighted by molar-refractivity contribution is 9.10. The molecule has 0 aliphatic carbocycles. The number of carbonyl (C=O) groups is 1. The Kier molecular flexibility index (Phi) is 6.34. The molecule has 0 fully saturated rings. The zero-order chi connectivity index (χ0) is 21.8. The van der Waals surface area contributed by atoms with Gasteiger partial charge in [-0.2, -0.15) is 0 Å². The summed E-state index contributed by atoms with van der Waals surface area (Å²) in [7, 11) is 1.88. The molecule has 156 valence electrons. The molecule has 1 unspecified atom stereocenters. The molecule has 2 aromatic heterocycles. The Morgan fingerprint density at radius 3 is 2.58 bits per heavy atom. The van der Waals surface area contributed by atoms with E-state index >= 15 is 0 Å². The number of pyridine rings is 1. The average Bonchev–Trinajstić information content (AvgIpc) is 3.19. The third-order valence-electron chi connectivity index (χ3n) is 4.61. The number of benzene rings is 2. The van der Waals surface area contributed by atoms with E-state index in [0.29, 0.717) is 28.0 Å². The van der Waals surface area contributed by atoms with E-state index in [0.717, 1.165) is 10.0 Å². The summed E-state index contributed by atoms with van der Waals surface area (Å²) in [5.41, 5.74) is 1.28. The summed E-state index contributed by atoms with van der Waals surface area (Å²) >= 11 is 9.43. The van der Waals surface area contributed by atoms with Gasteiger partial charge in [0, 0.05) is 41.2 Å². The number of rotatable bonds is 6. The number of hydrogen-bond donors (Lipinski definition) is 1. The lowest BCUT2D eigenvalue weighted by Gasteiger charge is -2.19. The first-order valence-corrected chi connectivity index (χ1v) is 10.6. The van der Waals surface area contributed by atoms with Crippen molar-refractivity contribution >= 4 is 33.4 Å². The molecule has 1 amide bonds. The zero-order valence-corrected chi connectivity index (χ0v) is 18.8. The van der Waals surface area contributed by atoms with Crippen molar-refractivity contribution in [2.45, 2.75) is 6.04 Å². The minimum Gasteiger partial charge on any atom is -0.439 e. The number of halogens is 2. The predicted octanol–water partition coefficient (Wildman–Crippen LogP) is 5.54. The molecule has 0 aliphatic heterocycles. The highest BCUT2D eigenvalue weighted by Crippen LogP contribution is 2.25. The van der Waals surface area contributed by atoms with E-state index in [1.54, 1.807) is 30.5 Å². The summed E-state index contributed by atoms with van der Waals surface area (Å²) in [6, 6.07) is 17.7. The first kappa shape index (κ1) is 21.1. The van der Waals surface area contributed by atoms with Gasteiger partial charge in [-0.15, -0.1) is 0 Å². The Morgan fingerprint density at radius 2 is 1.94 bits per heavy atom. The van der Waals surface area contributed by atoms with Crippen LogP contribution in [0.2, 0.25) is 5.02 Å². The van der Waals surface area contributed by atoms with Gasteiger partial charge in [0.25, 0.3) is 5.91 Å². The van der Waals surface area contributed by atoms with Crippen LogP contribution in [0.1, 0.15) is 27.8 Å². The lowest BCUT2D eigenvalue weighted by Crippen LogP contribution is -2.31. The number of ether oxygens (including phenoxy) is 1. The number of imidazole rings is 1. The number of carbonyl (C=O) groups excluding carboxylic acids is 1. The fourth-order valence-corrected chi connectivity index (χ4v) is 3.55. The Balaban J connectivity index is 1.53. The standard InChI is InChI=1S/C23H18BrClN4O2/c1-29-12-11-26-22(29)21(15-5-8-18(25)9-6-15)28-23(30)16-7-10-20(27-14-16)31-19-4-2-3-17(24)13-19/h2-14,21H,1H3,(H,28,30). The van der Waals surface area contributed by atoms with Crippen LogP contribution < -0.4 is 10.1 Å². The summed E-state index contributed by atoms with van der Waals surface area (Å²) in [5, 5.41) is 3.66. The van der Waals surface area contributed by atoms with Crippen LogP contribution in [0.15, 0.2) is 83.7 Å². The van der Waals surface area contributed by atoms with Crippen LogP contribution in [0, 0.1) is 0 Å². The molecular weight excluding hydrogens is 480 g/mol. The zero-order valence-electron chi connectivity index (χ0n) is 16.5. The molecule has 4 rings (SSSR count). The van der Waals surface area contributed by atoms with Crippen LogP contribution in [0.3, 0.4) is 0 Å². The monoisotopic (exact) mass is 496 g/mol. The van der Waals surface area contributed by atoms with Crippen molar-refractivity contribution in [3.05, 3.63) is 106 Å². The van der Waals surface area contributed by atoms with Crippen molar-refractivity contribution in [3.8, 4) is 11.6 Å². The van der Waals surface area contributed by atoms with E-state index in [2.05, 4.69) is 31.2 Å². The fourth-order valence-electron chi connectivity index (χ4n) is 3.05. The molecular formula is C23H18BrClN4O2. The molecule has 0 radical (unpaired) electrons. The topological polar surface area (TPSA) is 69.0 Å². The fraction of sp³-hybridized carbons (Fsp3) is 0.0870. The second-order valence-corrected chi connectivity index (χ2v) is 8.15. The van der Waals surface area contributed by atoms with E-state index in [9.17, 15) is 4.79 Å². The van der Waals surface area contributed by atoms with E-state index in [-0.39, 0.29) is 5.91 Å². The molecule has 1 atom stereocenters. The summed E-state index contributed by atoms with van der Waals surface area (Å²) in [6.07, 6.45) is 5.01. The quantitative estimate of drug-likeness (QED) is 0.380. The molecule has 2 aromatic carbocycles. The second-order valence-electron chi connectivity index (χ2n) is 6.80. The third kappa shape index (κ3) is 5.13. The van der Waals surface area contributed by atoms with Gasteiger partial charge in [-0.3, -0.25) is 4.79 Å². The summed E-state index contributed by atoms with van der Waals surface area (Å²) < 4.78 is 8.51. The minimum absolute atomic E-state index is 0.274. The van der Waals surface area contributed by atoms with Crippen LogP contribution in [-0.2, 0) is 7.05 Å². The highest BCUT2D eigenvalue weighted by atomic mass is 79.9. The molecule has 31 heavy (non-hydrogen) atoms. The summed E-state index contributed by atoms with van der Waals surface area (Å²) in [6.45, 7) is 0. The van der Waals surface area contributed by atoms with Crippen molar-refractivity contribution in [3.63, 3.8) is 0 Å². The van der Waals surface area contributed by atoms with E-state index in [4.69, 9.17) is 16.3 Å². The molecule has 0 aliphatic rings. The van der Waals surface area contributed by atoms with Gasteiger partial charge < -0.3 is 14.6 Å². The first-order chi connectivity index (χ1) is 15.0. The summed E-state index contributed by atoms with van der Waals surface area (Å²) in [4.78, 5) is 21.6. The highest BCUT2D eigenvalue weighted by Gasteiger charge is 2.21. The van der Waals surface area contributed by atoms with Crippen molar-refractivity contribution in [2.75, 3.05) is 0 Å². The minimum atomic E-state index is -0.442. The third-order valence-corrected chi connectivity index (χ3v) is 5.36. The average molecular weight is 498 g/mol. The van der Waals surface area contributed by atoms with Gasteiger partial charge in [0.05, 0.1) is 5.56 Å². The van der Waals surface area contributed by atoms with Crippen LogP contribution in [0.25, 0.3) is 0 Å². The molecule has 0 saturated heterocycles. The van der Waals surface area contributed by atoms with E-state index < -0.39 is 6.04 Å². The van der Waals surface area contributed by atoms with Crippen LogP contribution in [-0.4, -0.2) is 20.4 Å². The molecule has 2 heterocycles. The number of aromatic nitrogens is 3. The maximum Gasteiger partial charge on any atom is 0.253 e. The van der Waals surface area contributed by atoms with Crippen molar-refractivity contribution in [2.24, 2.45) is 7.05 Å². The van der Waals surface area contributed by atoms with Gasteiger partial charge >= 0.3 is 0 Å². The lowest BCUT2D eigenvalue weighted by atomic mass is 10.1. The Hall–Kier alpha value is -3.16. The van der Waals surface area contributed by atoms with Gasteiger partial charge in [-0.25, -0.2) is 9.97 Å². The number of nitrogens with one attached hydrogen (secondary N) is 1. The maximum atomic E-state index is 13.0. The van der Waals surface area contributed by atoms with E-state index in [1.807, 2.05) is 54.2 Å². The molecule has 0 bridgehead atoms. The van der Waals surface area contributed by atoms with Gasteiger partial charge in [-0.1, -0.05) is 45.7 Å². The van der Waals surface area contributed by atoms with Crippen LogP contribution in [0.5, 0.6) is 11.6 Å². The van der Waals surface area contributed by atoms with Gasteiger partial charge in [0.15, 0.2) is 0 Å². The van der Waals surface area contributed by atoms with Gasteiger partial charge in [0.2, 0.25) is 5.88 Å².